The van der Waals surface area contributed by atoms with Gasteiger partial charge < -0.3 is 10.2 Å². The molecule has 0 aliphatic heterocycles. The Morgan fingerprint density at radius 1 is 1.50 bits per heavy atom. The summed E-state index contributed by atoms with van der Waals surface area (Å²) in [6.07, 6.45) is 1.99. The first-order valence-corrected chi connectivity index (χ1v) is 6.09. The summed E-state index contributed by atoms with van der Waals surface area (Å²) in [7, 11) is 0. The van der Waals surface area contributed by atoms with Gasteiger partial charge in [0.05, 0.1) is 5.69 Å². The van der Waals surface area contributed by atoms with Crippen LogP contribution in [0.1, 0.15) is 26.0 Å². The van der Waals surface area contributed by atoms with Gasteiger partial charge in [-0.3, -0.25) is 4.79 Å². The molecule has 0 atom stereocenters. The summed E-state index contributed by atoms with van der Waals surface area (Å²) in [5.74, 6) is 0.120. The Morgan fingerprint density at radius 2 is 2.22 bits per heavy atom. The number of anilines is 1. The molecule has 0 saturated carbocycles. The lowest BCUT2D eigenvalue weighted by Gasteiger charge is -2.18. The standard InChI is InChI=1S/C13H18N4O/c1-3-17(4-2)13(18)7-9-16-11-6-5-8-15-12(11)10-14/h5-6,8,16H,3-4,7,9H2,1-2H3. The van der Waals surface area contributed by atoms with Crippen molar-refractivity contribution in [1.29, 1.82) is 5.26 Å². The van der Waals surface area contributed by atoms with E-state index in [0.29, 0.717) is 24.3 Å². The third-order valence-corrected chi connectivity index (χ3v) is 2.68. The van der Waals surface area contributed by atoms with Crippen LogP contribution in [-0.2, 0) is 4.79 Å². The number of nitrogens with zero attached hydrogens (tertiary/aromatic N) is 3. The van der Waals surface area contributed by atoms with Gasteiger partial charge >= 0.3 is 0 Å². The van der Waals surface area contributed by atoms with Crippen LogP contribution >= 0.6 is 0 Å². The number of nitrogens with one attached hydrogen (secondary N) is 1. The maximum absolute atomic E-state index is 11.8. The van der Waals surface area contributed by atoms with Gasteiger partial charge in [0.15, 0.2) is 5.69 Å². The summed E-state index contributed by atoms with van der Waals surface area (Å²) in [6.45, 7) is 5.89. The molecule has 0 aliphatic rings. The van der Waals surface area contributed by atoms with E-state index >= 15 is 0 Å². The Kier molecular flexibility index (Phi) is 5.65. The van der Waals surface area contributed by atoms with E-state index in [1.807, 2.05) is 19.9 Å². The Bertz CT molecular complexity index is 435. The molecule has 0 aromatic carbocycles. The maximum Gasteiger partial charge on any atom is 0.224 e. The molecule has 5 nitrogen and oxygen atoms in total. The van der Waals surface area contributed by atoms with E-state index < -0.39 is 0 Å². The second kappa shape index (κ2) is 7.28. The minimum Gasteiger partial charge on any atom is -0.382 e. The highest BCUT2D eigenvalue weighted by atomic mass is 16.2. The van der Waals surface area contributed by atoms with Gasteiger partial charge in [-0.25, -0.2) is 4.98 Å². The van der Waals surface area contributed by atoms with E-state index in [0.717, 1.165) is 13.1 Å². The number of hydrogen-bond acceptors (Lipinski definition) is 4. The SMILES string of the molecule is CCN(CC)C(=O)CCNc1cccnc1C#N. The molecule has 96 valence electrons. The maximum atomic E-state index is 11.8. The number of pyridine rings is 1. The summed E-state index contributed by atoms with van der Waals surface area (Å²) in [4.78, 5) is 17.5. The van der Waals surface area contributed by atoms with Crippen molar-refractivity contribution in [3.05, 3.63) is 24.0 Å². The number of aromatic nitrogens is 1. The zero-order valence-electron chi connectivity index (χ0n) is 10.8. The minimum atomic E-state index is 0.120. The van der Waals surface area contributed by atoms with Crippen molar-refractivity contribution in [3.8, 4) is 6.07 Å². The van der Waals surface area contributed by atoms with Crippen LogP contribution < -0.4 is 5.32 Å². The highest BCUT2D eigenvalue weighted by Crippen LogP contribution is 2.10. The number of hydrogen-bond donors (Lipinski definition) is 1. The zero-order valence-corrected chi connectivity index (χ0v) is 10.8. The van der Waals surface area contributed by atoms with Gasteiger partial charge in [0, 0.05) is 32.3 Å². The molecule has 0 radical (unpaired) electrons. The summed E-state index contributed by atoms with van der Waals surface area (Å²) < 4.78 is 0. The first kappa shape index (κ1) is 14.0. The van der Waals surface area contributed by atoms with Crippen molar-refractivity contribution < 1.29 is 4.79 Å². The smallest absolute Gasteiger partial charge is 0.224 e. The van der Waals surface area contributed by atoms with Crippen LogP contribution in [0, 0.1) is 11.3 Å². The lowest BCUT2D eigenvalue weighted by molar-refractivity contribution is -0.130. The highest BCUT2D eigenvalue weighted by molar-refractivity contribution is 5.76. The van der Waals surface area contributed by atoms with Gasteiger partial charge in [-0.05, 0) is 26.0 Å². The number of amides is 1. The molecule has 0 aliphatic carbocycles. The van der Waals surface area contributed by atoms with E-state index in [1.54, 1.807) is 23.2 Å². The molecule has 18 heavy (non-hydrogen) atoms. The van der Waals surface area contributed by atoms with Crippen LogP contribution in [0.2, 0.25) is 0 Å². The Labute approximate surface area is 107 Å². The average molecular weight is 246 g/mol. The van der Waals surface area contributed by atoms with Crippen molar-refractivity contribution in [2.24, 2.45) is 0 Å². The Morgan fingerprint density at radius 3 is 2.83 bits per heavy atom. The van der Waals surface area contributed by atoms with E-state index in [2.05, 4.69) is 10.3 Å². The van der Waals surface area contributed by atoms with Crippen LogP contribution in [0.15, 0.2) is 18.3 Å². The fourth-order valence-corrected chi connectivity index (χ4v) is 1.68. The van der Waals surface area contributed by atoms with Crippen molar-refractivity contribution in [3.63, 3.8) is 0 Å². The largest absolute Gasteiger partial charge is 0.382 e. The fraction of sp³-hybridized carbons (Fsp3) is 0.462. The second-order valence-electron chi connectivity index (χ2n) is 3.75. The van der Waals surface area contributed by atoms with Crippen LogP contribution in [0.3, 0.4) is 0 Å². The van der Waals surface area contributed by atoms with Crippen molar-refractivity contribution in [2.45, 2.75) is 20.3 Å². The molecule has 5 heteroatoms. The minimum absolute atomic E-state index is 0.120. The van der Waals surface area contributed by atoms with Gasteiger partial charge in [0.2, 0.25) is 5.91 Å². The molecule has 1 amide bonds. The zero-order chi connectivity index (χ0) is 13.4. The van der Waals surface area contributed by atoms with Crippen LogP contribution in [0.25, 0.3) is 0 Å². The van der Waals surface area contributed by atoms with E-state index in [1.165, 1.54) is 0 Å². The molecule has 1 aromatic rings. The molecule has 1 heterocycles. The van der Waals surface area contributed by atoms with Crippen LogP contribution in [0.4, 0.5) is 5.69 Å². The van der Waals surface area contributed by atoms with Crippen molar-refractivity contribution in [2.75, 3.05) is 25.0 Å². The lowest BCUT2D eigenvalue weighted by atomic mass is 10.3. The van der Waals surface area contributed by atoms with Gasteiger partial charge in [-0.15, -0.1) is 0 Å². The quantitative estimate of drug-likeness (QED) is 0.828. The fourth-order valence-electron chi connectivity index (χ4n) is 1.68. The second-order valence-corrected chi connectivity index (χ2v) is 3.75. The van der Waals surface area contributed by atoms with E-state index in [-0.39, 0.29) is 5.91 Å². The van der Waals surface area contributed by atoms with Gasteiger partial charge in [-0.2, -0.15) is 5.26 Å². The molecule has 1 aromatic heterocycles. The van der Waals surface area contributed by atoms with E-state index in [4.69, 9.17) is 5.26 Å². The highest BCUT2D eigenvalue weighted by Gasteiger charge is 2.09. The van der Waals surface area contributed by atoms with Crippen LogP contribution in [-0.4, -0.2) is 35.4 Å². The number of nitriles is 1. The summed E-state index contributed by atoms with van der Waals surface area (Å²) >= 11 is 0. The number of carbonyl (C=O) groups excluding carboxylic acids is 1. The topological polar surface area (TPSA) is 69.0 Å². The molecule has 0 unspecified atom stereocenters. The molecule has 0 bridgehead atoms. The van der Waals surface area contributed by atoms with E-state index in [9.17, 15) is 4.79 Å². The van der Waals surface area contributed by atoms with Crippen molar-refractivity contribution in [1.82, 2.24) is 9.88 Å². The molecule has 0 saturated heterocycles. The third-order valence-electron chi connectivity index (χ3n) is 2.68. The number of carbonyl (C=O) groups is 1. The molecule has 0 fully saturated rings. The monoisotopic (exact) mass is 246 g/mol. The van der Waals surface area contributed by atoms with Gasteiger partial charge in [0.1, 0.15) is 6.07 Å². The molecule has 0 spiro atoms. The van der Waals surface area contributed by atoms with Crippen LogP contribution in [0.5, 0.6) is 0 Å². The average Bonchev–Trinajstić information content (AvgIpc) is 2.40. The molecule has 1 rings (SSSR count). The summed E-state index contributed by atoms with van der Waals surface area (Å²) in [5, 5.41) is 11.9. The van der Waals surface area contributed by atoms with Crippen molar-refractivity contribution >= 4 is 11.6 Å². The summed E-state index contributed by atoms with van der Waals surface area (Å²) in [5.41, 5.74) is 1.03. The van der Waals surface area contributed by atoms with Gasteiger partial charge in [-0.1, -0.05) is 0 Å². The lowest BCUT2D eigenvalue weighted by Crippen LogP contribution is -2.31. The predicted molar refractivity (Wildman–Crippen MR) is 70.0 cm³/mol. The normalized spacial score (nSPS) is 9.61. The van der Waals surface area contributed by atoms with Gasteiger partial charge in [0.25, 0.3) is 0 Å². The summed E-state index contributed by atoms with van der Waals surface area (Å²) in [6, 6.07) is 5.55. The molecular weight excluding hydrogens is 228 g/mol. The molecule has 1 N–H and O–H groups in total. The Balaban J connectivity index is 2.47. The molecular formula is C13H18N4O. The number of rotatable bonds is 6. The first-order valence-electron chi connectivity index (χ1n) is 6.09. The predicted octanol–water partition coefficient (Wildman–Crippen LogP) is 1.62. The Hall–Kier alpha value is -2.09. The third kappa shape index (κ3) is 3.74. The first-order chi connectivity index (χ1) is 8.72.